The predicted molar refractivity (Wildman–Crippen MR) is 72.8 cm³/mol. The lowest BCUT2D eigenvalue weighted by Crippen LogP contribution is -2.33. The first-order valence-electron chi connectivity index (χ1n) is 5.97. The van der Waals surface area contributed by atoms with E-state index in [-0.39, 0.29) is 6.61 Å². The van der Waals surface area contributed by atoms with Crippen LogP contribution in [0.5, 0.6) is 0 Å². The molecule has 2 heterocycles. The fraction of sp³-hybridized carbons (Fsp3) is 0.417. The molecule has 1 aliphatic rings. The van der Waals surface area contributed by atoms with Crippen LogP contribution in [0.1, 0.15) is 6.23 Å². The molecule has 4 atom stereocenters. The van der Waals surface area contributed by atoms with Crippen molar-refractivity contribution in [3.63, 3.8) is 0 Å². The molecule has 0 saturated carbocycles. The summed E-state index contributed by atoms with van der Waals surface area (Å²) in [5.41, 5.74) is 1.21. The summed E-state index contributed by atoms with van der Waals surface area (Å²) in [4.78, 5) is 4.16. The van der Waals surface area contributed by atoms with Gasteiger partial charge in [-0.05, 0) is 12.1 Å². The summed E-state index contributed by atoms with van der Waals surface area (Å²) in [6, 6.07) is 3.22. The van der Waals surface area contributed by atoms with Crippen molar-refractivity contribution < 1.29 is 20.1 Å². The van der Waals surface area contributed by atoms with Crippen molar-refractivity contribution in [1.29, 1.82) is 0 Å². The Labute approximate surface area is 124 Å². The van der Waals surface area contributed by atoms with Crippen molar-refractivity contribution in [2.75, 3.05) is 6.61 Å². The summed E-state index contributed by atoms with van der Waals surface area (Å²) in [5, 5.41) is 29.6. The molecule has 1 aromatic carbocycles. The Bertz CT molecular complexity index is 648. The Morgan fingerprint density at radius 3 is 2.55 bits per heavy atom. The van der Waals surface area contributed by atoms with Gasteiger partial charge in [-0.15, -0.1) is 0 Å². The topological polar surface area (TPSA) is 87.7 Å². The fourth-order valence-electron chi connectivity index (χ4n) is 2.34. The molecule has 3 rings (SSSR count). The van der Waals surface area contributed by atoms with Crippen LogP contribution in [-0.2, 0) is 4.74 Å². The van der Waals surface area contributed by atoms with E-state index in [1.54, 1.807) is 16.7 Å². The summed E-state index contributed by atoms with van der Waals surface area (Å²) < 4.78 is 7.01. The van der Waals surface area contributed by atoms with Crippen LogP contribution in [0.2, 0.25) is 10.0 Å². The van der Waals surface area contributed by atoms with Crippen LogP contribution in [-0.4, -0.2) is 49.8 Å². The van der Waals surface area contributed by atoms with Crippen molar-refractivity contribution >= 4 is 34.2 Å². The lowest BCUT2D eigenvalue weighted by molar-refractivity contribution is -0.0508. The van der Waals surface area contributed by atoms with Crippen LogP contribution in [0.4, 0.5) is 0 Å². The van der Waals surface area contributed by atoms with Gasteiger partial charge < -0.3 is 24.6 Å². The van der Waals surface area contributed by atoms with E-state index >= 15 is 0 Å². The van der Waals surface area contributed by atoms with Gasteiger partial charge in [-0.1, -0.05) is 23.2 Å². The van der Waals surface area contributed by atoms with Gasteiger partial charge in [-0.2, -0.15) is 0 Å². The molecule has 1 aromatic heterocycles. The Balaban J connectivity index is 2.05. The van der Waals surface area contributed by atoms with Crippen LogP contribution in [0.25, 0.3) is 11.0 Å². The molecule has 20 heavy (non-hydrogen) atoms. The van der Waals surface area contributed by atoms with Crippen LogP contribution in [0.15, 0.2) is 18.5 Å². The van der Waals surface area contributed by atoms with E-state index in [2.05, 4.69) is 4.98 Å². The molecule has 1 aliphatic heterocycles. The number of fused-ring (bicyclic) bond motifs is 1. The minimum Gasteiger partial charge on any atom is -0.394 e. The zero-order valence-corrected chi connectivity index (χ0v) is 11.7. The van der Waals surface area contributed by atoms with Crippen LogP contribution < -0.4 is 0 Å². The van der Waals surface area contributed by atoms with Gasteiger partial charge in [0.25, 0.3) is 0 Å². The number of ether oxygens (including phenoxy) is 1. The van der Waals surface area contributed by atoms with E-state index in [4.69, 9.17) is 33.0 Å². The molecule has 0 radical (unpaired) electrons. The number of imidazole rings is 1. The van der Waals surface area contributed by atoms with Gasteiger partial charge in [0.2, 0.25) is 0 Å². The predicted octanol–water partition coefficient (Wildman–Crippen LogP) is 0.955. The Morgan fingerprint density at radius 2 is 1.90 bits per heavy atom. The number of hydrogen-bond acceptors (Lipinski definition) is 5. The normalized spacial score (nSPS) is 30.2. The summed E-state index contributed by atoms with van der Waals surface area (Å²) in [6.45, 7) is -0.381. The lowest BCUT2D eigenvalue weighted by atomic mass is 10.1. The van der Waals surface area contributed by atoms with E-state index in [1.807, 2.05) is 0 Å². The third-order valence-corrected chi connectivity index (χ3v) is 4.13. The van der Waals surface area contributed by atoms with Crippen molar-refractivity contribution in [3.8, 4) is 0 Å². The molecule has 1 fully saturated rings. The van der Waals surface area contributed by atoms with E-state index in [1.165, 1.54) is 6.33 Å². The third-order valence-electron chi connectivity index (χ3n) is 3.41. The van der Waals surface area contributed by atoms with Gasteiger partial charge in [-0.25, -0.2) is 4.98 Å². The fourth-order valence-corrected chi connectivity index (χ4v) is 2.65. The molecule has 6 nitrogen and oxygen atoms in total. The number of aliphatic hydroxyl groups is 3. The van der Waals surface area contributed by atoms with Gasteiger partial charge in [0.1, 0.15) is 18.3 Å². The highest BCUT2D eigenvalue weighted by atomic mass is 35.5. The maximum absolute atomic E-state index is 10.0. The van der Waals surface area contributed by atoms with Gasteiger partial charge in [0, 0.05) is 0 Å². The molecule has 8 heteroatoms. The molecule has 1 unspecified atom stereocenters. The number of rotatable bonds is 2. The van der Waals surface area contributed by atoms with Crippen molar-refractivity contribution in [3.05, 3.63) is 28.5 Å². The summed E-state index contributed by atoms with van der Waals surface area (Å²) >= 11 is 11.9. The molecule has 2 aromatic rings. The average molecular weight is 319 g/mol. The maximum Gasteiger partial charge on any atom is 0.164 e. The Kier molecular flexibility index (Phi) is 3.62. The largest absolute Gasteiger partial charge is 0.394 e. The summed E-state index contributed by atoms with van der Waals surface area (Å²) in [7, 11) is 0. The van der Waals surface area contributed by atoms with Gasteiger partial charge in [0.05, 0.1) is 34.0 Å². The first-order valence-corrected chi connectivity index (χ1v) is 6.72. The highest BCUT2D eigenvalue weighted by Gasteiger charge is 2.43. The lowest BCUT2D eigenvalue weighted by Gasteiger charge is -2.17. The average Bonchev–Trinajstić information content (AvgIpc) is 2.94. The summed E-state index contributed by atoms with van der Waals surface area (Å²) in [5.74, 6) is 0. The Hall–Kier alpha value is -0.890. The number of halogens is 2. The Morgan fingerprint density at radius 1 is 1.20 bits per heavy atom. The minimum atomic E-state index is -1.17. The van der Waals surface area contributed by atoms with Crippen molar-refractivity contribution in [1.82, 2.24) is 9.55 Å². The van der Waals surface area contributed by atoms with E-state index in [9.17, 15) is 10.2 Å². The standard InChI is InChI=1S/C12H12Cl2N2O4/c13-5-1-7-8(2-6(5)14)16(4-15-7)12-11(19)10(18)9(3-17)20-12/h1-2,4,9-12,17-19H,3H2/t9?,10-,11-,12+/m1/s1. The van der Waals surface area contributed by atoms with Gasteiger partial charge >= 0.3 is 0 Å². The van der Waals surface area contributed by atoms with Crippen molar-refractivity contribution in [2.24, 2.45) is 0 Å². The number of aromatic nitrogens is 2. The van der Waals surface area contributed by atoms with Gasteiger partial charge in [0.15, 0.2) is 6.23 Å². The molecule has 3 N–H and O–H groups in total. The molecular formula is C12H12Cl2N2O4. The van der Waals surface area contributed by atoms with Gasteiger partial charge in [-0.3, -0.25) is 0 Å². The quantitative estimate of drug-likeness (QED) is 0.767. The number of hydrogen-bond donors (Lipinski definition) is 3. The highest BCUT2D eigenvalue weighted by molar-refractivity contribution is 6.42. The minimum absolute atomic E-state index is 0.354. The molecule has 108 valence electrons. The maximum atomic E-state index is 10.0. The highest BCUT2D eigenvalue weighted by Crippen LogP contribution is 2.34. The van der Waals surface area contributed by atoms with Crippen LogP contribution in [0.3, 0.4) is 0 Å². The second-order valence-corrected chi connectivity index (χ2v) is 5.45. The smallest absolute Gasteiger partial charge is 0.164 e. The van der Waals surface area contributed by atoms with E-state index in [0.717, 1.165) is 0 Å². The van der Waals surface area contributed by atoms with Crippen LogP contribution in [0, 0.1) is 0 Å². The molecule has 1 saturated heterocycles. The first kappa shape index (κ1) is 14.1. The molecule has 0 amide bonds. The third kappa shape index (κ3) is 2.09. The first-order chi connectivity index (χ1) is 9.52. The van der Waals surface area contributed by atoms with Crippen LogP contribution >= 0.6 is 23.2 Å². The molecule has 0 bridgehead atoms. The van der Waals surface area contributed by atoms with Crippen molar-refractivity contribution in [2.45, 2.75) is 24.5 Å². The zero-order chi connectivity index (χ0) is 14.4. The number of nitrogens with zero attached hydrogens (tertiary/aromatic N) is 2. The van der Waals surface area contributed by atoms with E-state index in [0.29, 0.717) is 21.1 Å². The second kappa shape index (κ2) is 5.14. The van der Waals surface area contributed by atoms with E-state index < -0.39 is 24.5 Å². The monoisotopic (exact) mass is 318 g/mol. The SMILES string of the molecule is OCC1O[C@H](n2cnc3cc(Cl)c(Cl)cc32)[C@H](O)[C@@H]1O. The number of aliphatic hydroxyl groups excluding tert-OH is 3. The molecule has 0 aliphatic carbocycles. The number of benzene rings is 1. The zero-order valence-electron chi connectivity index (χ0n) is 10.1. The summed E-state index contributed by atoms with van der Waals surface area (Å²) in [6.07, 6.45) is -2.54. The second-order valence-electron chi connectivity index (χ2n) is 4.64. The molecule has 0 spiro atoms. The molecular weight excluding hydrogens is 307 g/mol.